The van der Waals surface area contributed by atoms with Gasteiger partial charge in [-0.15, -0.1) is 11.3 Å². The summed E-state index contributed by atoms with van der Waals surface area (Å²) in [5.74, 6) is 1.82. The Balaban J connectivity index is 1.08. The maximum absolute atomic E-state index is 9.05. The fourth-order valence-electron chi connectivity index (χ4n) is 5.72. The van der Waals surface area contributed by atoms with Crippen LogP contribution in [-0.4, -0.2) is 39.0 Å². The lowest BCUT2D eigenvalue weighted by molar-refractivity contribution is 0.211. The zero-order chi connectivity index (χ0) is 27.6. The normalized spacial score (nSPS) is 14.9. The van der Waals surface area contributed by atoms with E-state index in [1.165, 1.54) is 37.6 Å². The standard InChI is InChI=1S/C33H28N6OS/c34-18-30-36-15-11-29(38-30)37-25-12-16-39(17-13-25)20-22-6-8-24(9-7-22)32-31(23-4-2-1-3-5-23)27-21-40-28-10-14-35-19-26(28)33(27)41-32/h1-11,14-15,19,25H,12-13,16-17,20-21H2,(H,36,37,38). The van der Waals surface area contributed by atoms with Gasteiger partial charge in [-0.3, -0.25) is 9.88 Å². The number of anilines is 1. The van der Waals surface area contributed by atoms with Crippen molar-refractivity contribution in [2.75, 3.05) is 18.4 Å². The molecule has 0 atom stereocenters. The first-order chi connectivity index (χ1) is 20.2. The topological polar surface area (TPSA) is 87.0 Å². The fourth-order valence-corrected chi connectivity index (χ4v) is 7.07. The molecule has 0 radical (unpaired) electrons. The van der Waals surface area contributed by atoms with Crippen LogP contribution in [0.3, 0.4) is 0 Å². The third kappa shape index (κ3) is 5.18. The van der Waals surface area contributed by atoms with Gasteiger partial charge in [0.15, 0.2) is 0 Å². The van der Waals surface area contributed by atoms with E-state index in [0.29, 0.717) is 12.6 Å². The quantitative estimate of drug-likeness (QED) is 0.247. The number of ether oxygens (including phenoxy) is 1. The largest absolute Gasteiger partial charge is 0.488 e. The van der Waals surface area contributed by atoms with E-state index >= 15 is 0 Å². The predicted octanol–water partition coefficient (Wildman–Crippen LogP) is 6.77. The third-order valence-corrected chi connectivity index (χ3v) is 9.10. The molecule has 41 heavy (non-hydrogen) atoms. The minimum atomic E-state index is 0.199. The van der Waals surface area contributed by atoms with Gasteiger partial charge in [0.1, 0.15) is 24.2 Å². The first-order valence-corrected chi connectivity index (χ1v) is 14.7. The molecule has 2 aromatic carbocycles. The number of thiophene rings is 1. The van der Waals surface area contributed by atoms with Crippen molar-refractivity contribution in [2.45, 2.75) is 32.0 Å². The Morgan fingerprint density at radius 2 is 1.78 bits per heavy atom. The molecule has 3 aromatic heterocycles. The molecule has 7 nitrogen and oxygen atoms in total. The number of nitrogens with zero attached hydrogens (tertiary/aromatic N) is 5. The highest BCUT2D eigenvalue weighted by Crippen LogP contribution is 2.51. The van der Waals surface area contributed by atoms with Gasteiger partial charge in [-0.25, -0.2) is 9.97 Å². The zero-order valence-corrected chi connectivity index (χ0v) is 23.3. The zero-order valence-electron chi connectivity index (χ0n) is 22.5. The lowest BCUT2D eigenvalue weighted by Crippen LogP contribution is -2.38. The van der Waals surface area contributed by atoms with Gasteiger partial charge in [-0.05, 0) is 41.7 Å². The van der Waals surface area contributed by atoms with E-state index in [1.807, 2.05) is 35.7 Å². The van der Waals surface area contributed by atoms with Crippen molar-refractivity contribution < 1.29 is 4.74 Å². The summed E-state index contributed by atoms with van der Waals surface area (Å²) in [6, 6.07) is 25.8. The van der Waals surface area contributed by atoms with Crippen molar-refractivity contribution in [3.8, 4) is 43.8 Å². The van der Waals surface area contributed by atoms with Gasteiger partial charge in [0.2, 0.25) is 5.82 Å². The highest BCUT2D eigenvalue weighted by atomic mass is 32.1. The molecular formula is C33H28N6OS. The van der Waals surface area contributed by atoms with E-state index in [4.69, 9.17) is 10.00 Å². The Kier molecular flexibility index (Phi) is 6.89. The third-order valence-electron chi connectivity index (χ3n) is 7.78. The summed E-state index contributed by atoms with van der Waals surface area (Å²) in [5.41, 5.74) is 7.32. The van der Waals surface area contributed by atoms with Gasteiger partial charge in [-0.2, -0.15) is 5.26 Å². The van der Waals surface area contributed by atoms with Crippen molar-refractivity contribution in [1.29, 1.82) is 5.26 Å². The number of nitriles is 1. The smallest absolute Gasteiger partial charge is 0.234 e. The second-order valence-corrected chi connectivity index (χ2v) is 11.4. The lowest BCUT2D eigenvalue weighted by atomic mass is 9.95. The maximum atomic E-state index is 9.05. The first-order valence-electron chi connectivity index (χ1n) is 13.8. The molecule has 7 rings (SSSR count). The number of nitrogens with one attached hydrogen (secondary N) is 1. The molecule has 5 heterocycles. The Bertz CT molecular complexity index is 1720. The predicted molar refractivity (Wildman–Crippen MR) is 161 cm³/mol. The number of hydrogen-bond acceptors (Lipinski definition) is 8. The van der Waals surface area contributed by atoms with Crippen molar-refractivity contribution in [3.63, 3.8) is 0 Å². The average molecular weight is 557 g/mol. The van der Waals surface area contributed by atoms with Crippen LogP contribution in [0.2, 0.25) is 0 Å². The summed E-state index contributed by atoms with van der Waals surface area (Å²) in [6.07, 6.45) is 7.40. The van der Waals surface area contributed by atoms with Gasteiger partial charge in [0.25, 0.3) is 0 Å². The summed E-state index contributed by atoms with van der Waals surface area (Å²) in [4.78, 5) is 17.6. The van der Waals surface area contributed by atoms with Crippen LogP contribution in [0.25, 0.3) is 32.0 Å². The Morgan fingerprint density at radius 3 is 2.59 bits per heavy atom. The molecule has 0 amide bonds. The number of rotatable bonds is 6. The van der Waals surface area contributed by atoms with Gasteiger partial charge >= 0.3 is 0 Å². The Hall–Kier alpha value is -4.58. The summed E-state index contributed by atoms with van der Waals surface area (Å²) in [5, 5.41) is 12.5. The van der Waals surface area contributed by atoms with E-state index in [2.05, 4.69) is 79.8 Å². The van der Waals surface area contributed by atoms with Crippen LogP contribution < -0.4 is 10.1 Å². The highest BCUT2D eigenvalue weighted by molar-refractivity contribution is 7.19. The molecule has 1 saturated heterocycles. The van der Waals surface area contributed by atoms with Crippen LogP contribution in [0.5, 0.6) is 5.75 Å². The van der Waals surface area contributed by atoms with Crippen molar-refractivity contribution in [1.82, 2.24) is 19.9 Å². The minimum absolute atomic E-state index is 0.199. The van der Waals surface area contributed by atoms with Crippen LogP contribution >= 0.6 is 11.3 Å². The van der Waals surface area contributed by atoms with Gasteiger partial charge in [0, 0.05) is 65.1 Å². The number of benzene rings is 2. The summed E-state index contributed by atoms with van der Waals surface area (Å²) < 4.78 is 6.15. The number of piperidine rings is 1. The summed E-state index contributed by atoms with van der Waals surface area (Å²) in [6.45, 7) is 3.52. The second-order valence-electron chi connectivity index (χ2n) is 10.4. The van der Waals surface area contributed by atoms with Crippen molar-refractivity contribution >= 4 is 17.2 Å². The van der Waals surface area contributed by atoms with Crippen molar-refractivity contribution in [2.24, 2.45) is 0 Å². The molecule has 0 aliphatic carbocycles. The number of aromatic nitrogens is 3. The number of likely N-dealkylation sites (tertiary alicyclic amines) is 1. The molecule has 202 valence electrons. The van der Waals surface area contributed by atoms with Crippen LogP contribution in [0.4, 0.5) is 5.82 Å². The SMILES string of the molecule is N#Cc1nccc(NC2CCN(Cc3ccc(-c4sc5c(c4-c4ccccc4)COc4ccncc4-5)cc3)CC2)n1. The number of hydrogen-bond donors (Lipinski definition) is 1. The number of fused-ring (bicyclic) bond motifs is 3. The molecule has 5 aromatic rings. The molecular weight excluding hydrogens is 528 g/mol. The van der Waals surface area contributed by atoms with Crippen LogP contribution in [0.1, 0.15) is 29.8 Å². The fraction of sp³-hybridized carbons (Fsp3) is 0.212. The molecule has 2 aliphatic heterocycles. The molecule has 0 saturated carbocycles. The monoisotopic (exact) mass is 556 g/mol. The summed E-state index contributed by atoms with van der Waals surface area (Å²) >= 11 is 1.83. The molecule has 1 N–H and O–H groups in total. The van der Waals surface area contributed by atoms with Gasteiger partial charge < -0.3 is 10.1 Å². The Morgan fingerprint density at radius 1 is 0.951 bits per heavy atom. The maximum Gasteiger partial charge on any atom is 0.234 e. The Labute approximate surface area is 243 Å². The van der Waals surface area contributed by atoms with Crippen molar-refractivity contribution in [3.05, 3.63) is 102 Å². The van der Waals surface area contributed by atoms with Crippen LogP contribution in [0.15, 0.2) is 85.3 Å². The van der Waals surface area contributed by atoms with E-state index in [9.17, 15) is 0 Å². The van der Waals surface area contributed by atoms with Gasteiger partial charge in [0.05, 0.1) is 5.56 Å². The van der Waals surface area contributed by atoms with Crippen LogP contribution in [0, 0.1) is 11.3 Å². The molecule has 0 spiro atoms. The van der Waals surface area contributed by atoms with E-state index in [-0.39, 0.29) is 5.82 Å². The highest BCUT2D eigenvalue weighted by Gasteiger charge is 2.27. The minimum Gasteiger partial charge on any atom is -0.488 e. The van der Waals surface area contributed by atoms with Gasteiger partial charge in [-0.1, -0.05) is 54.6 Å². The molecule has 0 bridgehead atoms. The van der Waals surface area contributed by atoms with E-state index < -0.39 is 0 Å². The molecule has 8 heteroatoms. The van der Waals surface area contributed by atoms with Crippen LogP contribution in [-0.2, 0) is 13.2 Å². The molecule has 0 unspecified atom stereocenters. The molecule has 1 fully saturated rings. The average Bonchev–Trinajstić information content (AvgIpc) is 3.43. The van der Waals surface area contributed by atoms with E-state index in [1.54, 1.807) is 12.4 Å². The lowest BCUT2D eigenvalue weighted by Gasteiger charge is -2.32. The number of pyridine rings is 1. The van der Waals surface area contributed by atoms with E-state index in [0.717, 1.165) is 49.6 Å². The second kappa shape index (κ2) is 11.1. The summed E-state index contributed by atoms with van der Waals surface area (Å²) in [7, 11) is 0. The first kappa shape index (κ1) is 25.4. The molecule has 2 aliphatic rings.